The fraction of sp³-hybridized carbons (Fsp3) is 0.395. The molecule has 5 aliphatic heterocycles. The minimum absolute atomic E-state index is 0.0324. The first-order valence-electron chi connectivity index (χ1n) is 19.7. The van der Waals surface area contributed by atoms with Gasteiger partial charge in [0, 0.05) is 84.9 Å². The number of hydrogen-bond acceptors (Lipinski definition) is 9. The highest BCUT2D eigenvalue weighted by atomic mass is 79.9. The standard InChI is InChI=1S/C43H41BrF2N8O3/c1-43(2)30-8-6-26(17-35(30)54-34-5-3-4-31(44)38(34)40(57)50-41(43)54)53-22-27-16-28(53)21-52(27)20-23-18-47-42(48-19-23)51-12-10-24(11-13-51)25-14-32(45)37(33(46)15-25)29-7-9-36(55)49-39(29)56/h3-6,8,14-15,17-19,24,27-29H,7,9-13,16,20-22H2,1-2H3,(H,49,55,56). The van der Waals surface area contributed by atoms with E-state index in [0.717, 1.165) is 58.7 Å². The highest BCUT2D eigenvalue weighted by molar-refractivity contribution is 9.10. The number of rotatable bonds is 6. The highest BCUT2D eigenvalue weighted by Gasteiger charge is 2.45. The van der Waals surface area contributed by atoms with Crippen molar-refractivity contribution in [2.75, 3.05) is 36.0 Å². The number of nitrogens with one attached hydrogen (secondary N) is 1. The number of amides is 2. The summed E-state index contributed by atoms with van der Waals surface area (Å²) < 4.78 is 33.3. The zero-order chi connectivity index (χ0) is 39.3. The summed E-state index contributed by atoms with van der Waals surface area (Å²) in [4.78, 5) is 58.2. The number of nitrogens with zero attached hydrogens (tertiary/aromatic N) is 7. The van der Waals surface area contributed by atoms with E-state index in [1.807, 2.05) is 30.6 Å². The van der Waals surface area contributed by atoms with E-state index in [1.54, 1.807) is 0 Å². The van der Waals surface area contributed by atoms with E-state index in [1.165, 1.54) is 17.8 Å². The van der Waals surface area contributed by atoms with Gasteiger partial charge in [0.25, 0.3) is 5.56 Å². The van der Waals surface area contributed by atoms with Crippen molar-refractivity contribution in [1.29, 1.82) is 0 Å². The monoisotopic (exact) mass is 834 g/mol. The van der Waals surface area contributed by atoms with Crippen LogP contribution >= 0.6 is 15.9 Å². The Kier molecular flexibility index (Phi) is 8.60. The first-order chi connectivity index (χ1) is 27.4. The number of aromatic nitrogens is 4. The summed E-state index contributed by atoms with van der Waals surface area (Å²) in [7, 11) is 0. The first-order valence-corrected chi connectivity index (χ1v) is 20.5. The van der Waals surface area contributed by atoms with Crippen molar-refractivity contribution in [3.8, 4) is 5.69 Å². The third-order valence-electron chi connectivity index (χ3n) is 13.0. The Hall–Kier alpha value is -5.08. The third-order valence-corrected chi connectivity index (χ3v) is 13.7. The van der Waals surface area contributed by atoms with Gasteiger partial charge in [-0.25, -0.2) is 18.7 Å². The molecule has 3 unspecified atom stereocenters. The van der Waals surface area contributed by atoms with Crippen LogP contribution in [0.5, 0.6) is 0 Å². The first kappa shape index (κ1) is 36.3. The quantitative estimate of drug-likeness (QED) is 0.199. The van der Waals surface area contributed by atoms with Crippen LogP contribution in [0.2, 0.25) is 0 Å². The lowest BCUT2D eigenvalue weighted by Gasteiger charge is -2.36. The van der Waals surface area contributed by atoms with Crippen molar-refractivity contribution in [2.45, 2.75) is 81.8 Å². The minimum atomic E-state index is -1.00. The third kappa shape index (κ3) is 5.97. The van der Waals surface area contributed by atoms with Gasteiger partial charge < -0.3 is 9.80 Å². The smallest absolute Gasteiger partial charge is 0.281 e. The van der Waals surface area contributed by atoms with Gasteiger partial charge >= 0.3 is 0 Å². The SMILES string of the molecule is CC1(C)c2ccc(N3CC4CC3CN4Cc3cnc(N4CCC(c5cc(F)c(C6CCC(=O)NC6=O)c(F)c5)CC4)nc3)cc2-n2c1nc(=O)c1c(Br)cccc12. The van der Waals surface area contributed by atoms with Gasteiger partial charge in [0.2, 0.25) is 17.8 Å². The summed E-state index contributed by atoms with van der Waals surface area (Å²) in [6, 6.07) is 16.1. The highest BCUT2D eigenvalue weighted by Crippen LogP contribution is 2.46. The molecule has 5 aliphatic rings. The number of benzene rings is 3. The van der Waals surface area contributed by atoms with Gasteiger partial charge in [-0.3, -0.25) is 29.2 Å². The lowest BCUT2D eigenvalue weighted by Crippen LogP contribution is -2.46. The van der Waals surface area contributed by atoms with E-state index in [2.05, 4.69) is 77.5 Å². The van der Waals surface area contributed by atoms with Gasteiger partial charge in [0.1, 0.15) is 17.5 Å². The maximum Gasteiger partial charge on any atom is 0.281 e. The van der Waals surface area contributed by atoms with Crippen LogP contribution in [0.1, 0.15) is 85.9 Å². The van der Waals surface area contributed by atoms with Gasteiger partial charge in [0.05, 0.1) is 27.9 Å². The molecule has 3 atom stereocenters. The summed E-state index contributed by atoms with van der Waals surface area (Å²) in [6.07, 6.45) is 6.45. The van der Waals surface area contributed by atoms with Crippen LogP contribution in [0.4, 0.5) is 20.4 Å². The molecule has 7 heterocycles. The van der Waals surface area contributed by atoms with Crippen molar-refractivity contribution in [3.63, 3.8) is 0 Å². The van der Waals surface area contributed by atoms with Gasteiger partial charge in [-0.2, -0.15) is 4.98 Å². The van der Waals surface area contributed by atoms with E-state index in [-0.39, 0.29) is 29.9 Å². The molecule has 0 saturated carbocycles. The molecule has 3 aromatic carbocycles. The molecule has 292 valence electrons. The predicted octanol–water partition coefficient (Wildman–Crippen LogP) is 6.22. The molecule has 2 aromatic heterocycles. The molecular formula is C43H41BrF2N8O3. The Labute approximate surface area is 336 Å². The zero-order valence-corrected chi connectivity index (χ0v) is 33.2. The van der Waals surface area contributed by atoms with Crippen LogP contribution in [-0.2, 0) is 21.5 Å². The van der Waals surface area contributed by atoms with Gasteiger partial charge in [0.15, 0.2) is 0 Å². The van der Waals surface area contributed by atoms with Crippen molar-refractivity contribution < 1.29 is 18.4 Å². The summed E-state index contributed by atoms with van der Waals surface area (Å²) >= 11 is 3.58. The second-order valence-electron chi connectivity index (χ2n) is 16.7. The fourth-order valence-corrected chi connectivity index (χ4v) is 10.6. The number of piperidine rings is 2. The topological polar surface area (TPSA) is 117 Å². The Morgan fingerprint density at radius 3 is 2.39 bits per heavy atom. The van der Waals surface area contributed by atoms with Crippen LogP contribution in [0.15, 0.2) is 70.2 Å². The number of halogens is 3. The average molecular weight is 836 g/mol. The van der Waals surface area contributed by atoms with Gasteiger partial charge in [-0.15, -0.1) is 0 Å². The van der Waals surface area contributed by atoms with Crippen molar-refractivity contribution in [2.24, 2.45) is 0 Å². The number of hydrogen-bond donors (Lipinski definition) is 1. The molecule has 11 nitrogen and oxygen atoms in total. The number of imide groups is 1. The Morgan fingerprint density at radius 1 is 0.930 bits per heavy atom. The number of piperazine rings is 1. The second-order valence-corrected chi connectivity index (χ2v) is 17.6. The molecule has 2 bridgehead atoms. The van der Waals surface area contributed by atoms with Gasteiger partial charge in [-0.1, -0.05) is 12.1 Å². The van der Waals surface area contributed by atoms with E-state index in [9.17, 15) is 14.4 Å². The predicted molar refractivity (Wildman–Crippen MR) is 215 cm³/mol. The van der Waals surface area contributed by atoms with E-state index < -0.39 is 34.8 Å². The molecular weight excluding hydrogens is 794 g/mol. The molecule has 0 aliphatic carbocycles. The summed E-state index contributed by atoms with van der Waals surface area (Å²) in [5.41, 5.74) is 5.04. The number of likely N-dealkylation sites (tertiary alicyclic amines) is 1. The maximum absolute atomic E-state index is 15.2. The summed E-state index contributed by atoms with van der Waals surface area (Å²) in [5, 5.41) is 2.78. The number of carbonyl (C=O) groups excluding carboxylic acids is 2. The number of carbonyl (C=O) groups is 2. The minimum Gasteiger partial charge on any atom is -0.366 e. The van der Waals surface area contributed by atoms with Gasteiger partial charge in [-0.05, 0) is 109 Å². The molecule has 14 heteroatoms. The molecule has 2 amide bonds. The fourth-order valence-electron chi connectivity index (χ4n) is 10.1. The second kappa shape index (κ2) is 13.5. The Morgan fingerprint density at radius 2 is 1.68 bits per heavy atom. The van der Waals surface area contributed by atoms with Crippen molar-refractivity contribution in [3.05, 3.63) is 115 Å². The maximum atomic E-state index is 15.2. The molecule has 4 fully saturated rings. The number of fused-ring (bicyclic) bond motifs is 7. The number of anilines is 2. The van der Waals surface area contributed by atoms with Crippen molar-refractivity contribution in [1.82, 2.24) is 29.7 Å². The largest absolute Gasteiger partial charge is 0.366 e. The zero-order valence-electron chi connectivity index (χ0n) is 31.6. The molecule has 4 saturated heterocycles. The summed E-state index contributed by atoms with van der Waals surface area (Å²) in [5.74, 6) is -2.17. The van der Waals surface area contributed by atoms with Crippen LogP contribution in [0.3, 0.4) is 0 Å². The average Bonchev–Trinajstić information content (AvgIpc) is 3.85. The summed E-state index contributed by atoms with van der Waals surface area (Å²) in [6.45, 7) is 8.22. The Bertz CT molecular complexity index is 2530. The molecule has 1 N–H and O–H groups in total. The van der Waals surface area contributed by atoms with Crippen molar-refractivity contribution >= 4 is 50.3 Å². The van der Waals surface area contributed by atoms with E-state index >= 15 is 8.78 Å². The van der Waals surface area contributed by atoms with Crippen LogP contribution < -0.4 is 20.7 Å². The molecule has 0 spiro atoms. The van der Waals surface area contributed by atoms with Crippen LogP contribution in [0, 0.1) is 11.6 Å². The molecule has 0 radical (unpaired) electrons. The lowest BCUT2D eigenvalue weighted by molar-refractivity contribution is -0.134. The van der Waals surface area contributed by atoms with Crippen LogP contribution in [-0.4, -0.2) is 74.5 Å². The Balaban J connectivity index is 0.777. The lowest BCUT2D eigenvalue weighted by atomic mass is 9.85. The molecule has 5 aromatic rings. The molecule has 57 heavy (non-hydrogen) atoms. The van der Waals surface area contributed by atoms with E-state index in [4.69, 9.17) is 9.97 Å². The normalized spacial score (nSPS) is 23.0. The van der Waals surface area contributed by atoms with E-state index in [0.29, 0.717) is 54.9 Å². The molecule has 10 rings (SSSR count). The van der Waals surface area contributed by atoms with Crippen LogP contribution in [0.25, 0.3) is 16.6 Å².